The normalized spacial score (nSPS) is 11.7. The van der Waals surface area contributed by atoms with Crippen LogP contribution in [0.2, 0.25) is 0 Å². The van der Waals surface area contributed by atoms with Crippen LogP contribution in [0.25, 0.3) is 0 Å². The number of likely N-dealkylation sites (N-methyl/N-ethyl adjacent to an activating group) is 1. The van der Waals surface area contributed by atoms with E-state index >= 15 is 0 Å². The van der Waals surface area contributed by atoms with E-state index in [0.29, 0.717) is 6.61 Å². The summed E-state index contributed by atoms with van der Waals surface area (Å²) >= 11 is 0. The van der Waals surface area contributed by atoms with Gasteiger partial charge < -0.3 is 19.1 Å². The molecule has 5 nitrogen and oxygen atoms in total. The average molecular weight is 217 g/mol. The molecule has 0 saturated carbocycles. The van der Waals surface area contributed by atoms with Gasteiger partial charge in [0.1, 0.15) is 6.61 Å². The van der Waals surface area contributed by atoms with Gasteiger partial charge in [0.25, 0.3) is 0 Å². The van der Waals surface area contributed by atoms with Crippen LogP contribution in [-0.4, -0.2) is 59.1 Å². The highest BCUT2D eigenvalue weighted by molar-refractivity contribution is 5.59. The van der Waals surface area contributed by atoms with E-state index in [1.165, 1.54) is 7.11 Å². The van der Waals surface area contributed by atoms with Crippen LogP contribution in [0.5, 0.6) is 0 Å². The SMILES string of the molecule is COCC(=CCN(C)C)COC(=O)OC. The van der Waals surface area contributed by atoms with Crippen molar-refractivity contribution in [2.75, 3.05) is 48.1 Å². The fourth-order valence-corrected chi connectivity index (χ4v) is 0.867. The summed E-state index contributed by atoms with van der Waals surface area (Å²) in [4.78, 5) is 12.7. The lowest BCUT2D eigenvalue weighted by molar-refractivity contribution is 0.0765. The number of rotatable bonds is 6. The van der Waals surface area contributed by atoms with Gasteiger partial charge in [-0.3, -0.25) is 0 Å². The molecule has 5 heteroatoms. The molecule has 0 bridgehead atoms. The van der Waals surface area contributed by atoms with Crippen molar-refractivity contribution < 1.29 is 19.0 Å². The number of carbonyl (C=O) groups is 1. The lowest BCUT2D eigenvalue weighted by Gasteiger charge is -2.10. The summed E-state index contributed by atoms with van der Waals surface area (Å²) in [6, 6.07) is 0. The van der Waals surface area contributed by atoms with Crippen molar-refractivity contribution in [2.45, 2.75) is 0 Å². The van der Waals surface area contributed by atoms with Crippen LogP contribution in [0.4, 0.5) is 4.79 Å². The summed E-state index contributed by atoms with van der Waals surface area (Å²) in [5.74, 6) is 0. The molecular formula is C10H19NO4. The minimum absolute atomic E-state index is 0.203. The number of ether oxygens (including phenoxy) is 3. The number of nitrogens with zero attached hydrogens (tertiary/aromatic N) is 1. The van der Waals surface area contributed by atoms with Gasteiger partial charge in [0.2, 0.25) is 0 Å². The van der Waals surface area contributed by atoms with Crippen LogP contribution in [0, 0.1) is 0 Å². The van der Waals surface area contributed by atoms with Crippen LogP contribution < -0.4 is 0 Å². The molecule has 0 rings (SSSR count). The highest BCUT2D eigenvalue weighted by Crippen LogP contribution is 1.98. The Balaban J connectivity index is 4.03. The first kappa shape index (κ1) is 13.9. The molecule has 0 aliphatic rings. The molecule has 0 amide bonds. The predicted molar refractivity (Wildman–Crippen MR) is 56.9 cm³/mol. The molecule has 15 heavy (non-hydrogen) atoms. The van der Waals surface area contributed by atoms with Crippen LogP contribution >= 0.6 is 0 Å². The van der Waals surface area contributed by atoms with Crippen molar-refractivity contribution in [2.24, 2.45) is 0 Å². The van der Waals surface area contributed by atoms with Gasteiger partial charge in [0, 0.05) is 13.7 Å². The smallest absolute Gasteiger partial charge is 0.438 e. The summed E-state index contributed by atoms with van der Waals surface area (Å²) in [5, 5.41) is 0. The molecule has 0 fully saturated rings. The number of methoxy groups -OCH3 is 2. The molecule has 0 unspecified atom stereocenters. The second-order valence-electron chi connectivity index (χ2n) is 3.30. The van der Waals surface area contributed by atoms with Crippen molar-refractivity contribution in [3.05, 3.63) is 11.6 Å². The van der Waals surface area contributed by atoms with Crippen LogP contribution in [0.1, 0.15) is 0 Å². The van der Waals surface area contributed by atoms with Crippen molar-refractivity contribution in [1.82, 2.24) is 4.90 Å². The van der Waals surface area contributed by atoms with Crippen molar-refractivity contribution in [3.63, 3.8) is 0 Å². The van der Waals surface area contributed by atoms with Gasteiger partial charge in [0.15, 0.2) is 0 Å². The van der Waals surface area contributed by atoms with Gasteiger partial charge in [-0.05, 0) is 19.7 Å². The minimum Gasteiger partial charge on any atom is -0.438 e. The third kappa shape index (κ3) is 7.96. The lowest BCUT2D eigenvalue weighted by Crippen LogP contribution is -2.15. The summed E-state index contributed by atoms with van der Waals surface area (Å²) in [6.07, 6.45) is 1.29. The van der Waals surface area contributed by atoms with Crippen molar-refractivity contribution in [1.29, 1.82) is 0 Å². The predicted octanol–water partition coefficient (Wildman–Crippen LogP) is 0.904. The zero-order chi connectivity index (χ0) is 11.7. The van der Waals surface area contributed by atoms with Crippen molar-refractivity contribution >= 4 is 6.16 Å². The van der Waals surface area contributed by atoms with Gasteiger partial charge in [-0.25, -0.2) is 4.79 Å². The quantitative estimate of drug-likeness (QED) is 0.489. The van der Waals surface area contributed by atoms with E-state index in [2.05, 4.69) is 4.74 Å². The first-order valence-electron chi connectivity index (χ1n) is 4.62. The summed E-state index contributed by atoms with van der Waals surface area (Å²) in [5.41, 5.74) is 0.914. The molecule has 0 aromatic carbocycles. The van der Waals surface area contributed by atoms with Crippen LogP contribution in [-0.2, 0) is 14.2 Å². The second-order valence-corrected chi connectivity index (χ2v) is 3.30. The minimum atomic E-state index is -0.679. The zero-order valence-electron chi connectivity index (χ0n) is 9.78. The maximum absolute atomic E-state index is 10.7. The van der Waals surface area contributed by atoms with E-state index < -0.39 is 6.16 Å². The highest BCUT2D eigenvalue weighted by atomic mass is 16.7. The maximum Gasteiger partial charge on any atom is 0.508 e. The third-order valence-corrected chi connectivity index (χ3v) is 1.62. The molecule has 0 aliphatic carbocycles. The molecule has 0 atom stereocenters. The Labute approximate surface area is 90.6 Å². The van der Waals surface area contributed by atoms with E-state index in [1.54, 1.807) is 7.11 Å². The largest absolute Gasteiger partial charge is 0.508 e. The Bertz CT molecular complexity index is 213. The topological polar surface area (TPSA) is 48.0 Å². The highest BCUT2D eigenvalue weighted by Gasteiger charge is 2.03. The van der Waals surface area contributed by atoms with E-state index in [9.17, 15) is 4.79 Å². The van der Waals surface area contributed by atoms with Gasteiger partial charge in [-0.15, -0.1) is 0 Å². The fourth-order valence-electron chi connectivity index (χ4n) is 0.867. The second kappa shape index (κ2) is 8.26. The Kier molecular flexibility index (Phi) is 7.67. The molecule has 0 radical (unpaired) electrons. The maximum atomic E-state index is 10.7. The first-order chi connectivity index (χ1) is 7.10. The summed E-state index contributed by atoms with van der Waals surface area (Å²) < 4.78 is 14.2. The monoisotopic (exact) mass is 217 g/mol. The molecule has 0 N–H and O–H groups in total. The Hall–Kier alpha value is -1.07. The summed E-state index contributed by atoms with van der Waals surface area (Å²) in [6.45, 7) is 1.43. The molecule has 0 aromatic heterocycles. The Morgan fingerprint density at radius 2 is 1.93 bits per heavy atom. The molecule has 0 saturated heterocycles. The molecule has 0 spiro atoms. The Morgan fingerprint density at radius 3 is 2.40 bits per heavy atom. The van der Waals surface area contributed by atoms with E-state index in [1.807, 2.05) is 25.1 Å². The number of carbonyl (C=O) groups excluding carboxylic acids is 1. The van der Waals surface area contributed by atoms with Gasteiger partial charge >= 0.3 is 6.16 Å². The standard InChI is InChI=1S/C10H19NO4/c1-11(2)6-5-9(7-13-3)8-15-10(12)14-4/h5H,6-8H2,1-4H3. The fraction of sp³-hybridized carbons (Fsp3) is 0.700. The molecule has 0 aromatic rings. The molecule has 0 aliphatic heterocycles. The van der Waals surface area contributed by atoms with Gasteiger partial charge in [-0.1, -0.05) is 6.08 Å². The third-order valence-electron chi connectivity index (χ3n) is 1.62. The lowest BCUT2D eigenvalue weighted by atomic mass is 10.3. The zero-order valence-corrected chi connectivity index (χ0v) is 9.78. The Morgan fingerprint density at radius 1 is 1.27 bits per heavy atom. The molecular weight excluding hydrogens is 198 g/mol. The van der Waals surface area contributed by atoms with E-state index in [0.717, 1.165) is 12.1 Å². The molecule has 0 heterocycles. The van der Waals surface area contributed by atoms with E-state index in [-0.39, 0.29) is 6.61 Å². The number of hydrogen-bond donors (Lipinski definition) is 0. The van der Waals surface area contributed by atoms with Crippen LogP contribution in [0.3, 0.4) is 0 Å². The average Bonchev–Trinajstić information content (AvgIpc) is 2.21. The van der Waals surface area contributed by atoms with Gasteiger partial charge in [-0.2, -0.15) is 0 Å². The van der Waals surface area contributed by atoms with Crippen LogP contribution in [0.15, 0.2) is 11.6 Å². The molecule has 88 valence electrons. The van der Waals surface area contributed by atoms with Gasteiger partial charge in [0.05, 0.1) is 13.7 Å². The van der Waals surface area contributed by atoms with E-state index in [4.69, 9.17) is 9.47 Å². The first-order valence-corrected chi connectivity index (χ1v) is 4.62. The van der Waals surface area contributed by atoms with Crippen molar-refractivity contribution in [3.8, 4) is 0 Å². The summed E-state index contributed by atoms with van der Waals surface area (Å²) in [7, 11) is 6.80. The number of hydrogen-bond acceptors (Lipinski definition) is 5.